The van der Waals surface area contributed by atoms with Crippen molar-refractivity contribution >= 4 is 5.97 Å². The molecule has 0 atom stereocenters. The number of aryl methyl sites for hydroxylation is 3. The van der Waals surface area contributed by atoms with Gasteiger partial charge < -0.3 is 9.26 Å². The molecular formula is C17H18N4O3. The van der Waals surface area contributed by atoms with E-state index >= 15 is 0 Å². The van der Waals surface area contributed by atoms with Crippen LogP contribution in [-0.4, -0.2) is 32.5 Å². The number of esters is 1. The van der Waals surface area contributed by atoms with E-state index in [-0.39, 0.29) is 5.69 Å². The van der Waals surface area contributed by atoms with Gasteiger partial charge in [-0.1, -0.05) is 11.2 Å². The smallest absolute Gasteiger partial charge is 0.358 e. The average Bonchev–Trinajstić information content (AvgIpc) is 3.14. The summed E-state index contributed by atoms with van der Waals surface area (Å²) in [5.74, 6) is 0.611. The standard InChI is InChI=1S/C17H18N4O3/c1-5-23-17(22)14-9-15(21(4)19-14)13-8-12(7-6-10(13)2)16-18-11(3)20-24-16/h6-9H,5H2,1-4H3. The van der Waals surface area contributed by atoms with Crippen LogP contribution in [0, 0.1) is 13.8 Å². The van der Waals surface area contributed by atoms with Crippen molar-refractivity contribution in [1.82, 2.24) is 19.9 Å². The van der Waals surface area contributed by atoms with Crippen LogP contribution in [0.25, 0.3) is 22.7 Å². The first-order chi connectivity index (χ1) is 11.5. The van der Waals surface area contributed by atoms with Gasteiger partial charge in [0.2, 0.25) is 0 Å². The number of hydrogen-bond donors (Lipinski definition) is 0. The molecule has 3 aromatic rings. The number of benzene rings is 1. The molecule has 0 bridgehead atoms. The predicted octanol–water partition coefficient (Wildman–Crippen LogP) is 2.93. The lowest BCUT2D eigenvalue weighted by atomic mass is 10.0. The average molecular weight is 326 g/mol. The molecule has 0 fully saturated rings. The molecule has 0 radical (unpaired) electrons. The van der Waals surface area contributed by atoms with Gasteiger partial charge in [0.25, 0.3) is 5.89 Å². The van der Waals surface area contributed by atoms with Crippen LogP contribution in [0.1, 0.15) is 28.8 Å². The first-order valence-electron chi connectivity index (χ1n) is 7.62. The molecule has 2 heterocycles. The zero-order valence-corrected chi connectivity index (χ0v) is 14.0. The van der Waals surface area contributed by atoms with Crippen molar-refractivity contribution in [2.45, 2.75) is 20.8 Å². The fraction of sp³-hybridized carbons (Fsp3) is 0.294. The Hall–Kier alpha value is -2.96. The molecule has 0 aliphatic rings. The van der Waals surface area contributed by atoms with E-state index in [1.807, 2.05) is 25.1 Å². The van der Waals surface area contributed by atoms with Crippen LogP contribution >= 0.6 is 0 Å². The van der Waals surface area contributed by atoms with Gasteiger partial charge in [0.1, 0.15) is 0 Å². The van der Waals surface area contributed by atoms with E-state index in [0.717, 1.165) is 22.4 Å². The maximum Gasteiger partial charge on any atom is 0.358 e. The molecule has 2 aromatic heterocycles. The van der Waals surface area contributed by atoms with Crippen molar-refractivity contribution in [2.75, 3.05) is 6.61 Å². The third kappa shape index (κ3) is 2.92. The second kappa shape index (κ2) is 6.27. The molecule has 124 valence electrons. The molecule has 0 aliphatic carbocycles. The van der Waals surface area contributed by atoms with Crippen LogP contribution in [-0.2, 0) is 11.8 Å². The predicted molar refractivity (Wildman–Crippen MR) is 87.4 cm³/mol. The molecule has 0 saturated carbocycles. The fourth-order valence-electron chi connectivity index (χ4n) is 2.47. The number of aromatic nitrogens is 4. The van der Waals surface area contributed by atoms with Gasteiger partial charge in [-0.15, -0.1) is 0 Å². The Morgan fingerprint density at radius 1 is 1.29 bits per heavy atom. The Morgan fingerprint density at radius 2 is 2.08 bits per heavy atom. The fourth-order valence-corrected chi connectivity index (χ4v) is 2.47. The van der Waals surface area contributed by atoms with Gasteiger partial charge in [0.15, 0.2) is 11.5 Å². The highest BCUT2D eigenvalue weighted by molar-refractivity contribution is 5.89. The van der Waals surface area contributed by atoms with Gasteiger partial charge in [-0.05, 0) is 44.5 Å². The molecule has 0 N–H and O–H groups in total. The first-order valence-corrected chi connectivity index (χ1v) is 7.62. The molecule has 0 spiro atoms. The van der Waals surface area contributed by atoms with Gasteiger partial charge in [-0.3, -0.25) is 4.68 Å². The van der Waals surface area contributed by atoms with Crippen LogP contribution < -0.4 is 0 Å². The second-order valence-corrected chi connectivity index (χ2v) is 5.44. The molecule has 1 aromatic carbocycles. The van der Waals surface area contributed by atoms with E-state index < -0.39 is 5.97 Å². The third-order valence-electron chi connectivity index (χ3n) is 3.65. The molecule has 7 heteroatoms. The van der Waals surface area contributed by atoms with Gasteiger partial charge in [-0.2, -0.15) is 10.1 Å². The highest BCUT2D eigenvalue weighted by atomic mass is 16.5. The zero-order valence-electron chi connectivity index (χ0n) is 14.0. The summed E-state index contributed by atoms with van der Waals surface area (Å²) in [6.45, 7) is 5.85. The van der Waals surface area contributed by atoms with E-state index in [1.165, 1.54) is 0 Å². The topological polar surface area (TPSA) is 83.0 Å². The minimum Gasteiger partial charge on any atom is -0.461 e. The Bertz CT molecular complexity index is 895. The number of hydrogen-bond acceptors (Lipinski definition) is 6. The lowest BCUT2D eigenvalue weighted by Crippen LogP contribution is -2.05. The summed E-state index contributed by atoms with van der Waals surface area (Å²) in [6, 6.07) is 7.58. The van der Waals surface area contributed by atoms with E-state index in [2.05, 4.69) is 15.2 Å². The van der Waals surface area contributed by atoms with Gasteiger partial charge in [0.05, 0.1) is 12.3 Å². The van der Waals surface area contributed by atoms with Crippen molar-refractivity contribution in [3.05, 3.63) is 41.3 Å². The lowest BCUT2D eigenvalue weighted by molar-refractivity contribution is 0.0518. The van der Waals surface area contributed by atoms with Crippen molar-refractivity contribution in [3.8, 4) is 22.7 Å². The van der Waals surface area contributed by atoms with Gasteiger partial charge in [0, 0.05) is 18.2 Å². The van der Waals surface area contributed by atoms with Crippen LogP contribution in [0.15, 0.2) is 28.8 Å². The second-order valence-electron chi connectivity index (χ2n) is 5.44. The lowest BCUT2D eigenvalue weighted by Gasteiger charge is -2.07. The van der Waals surface area contributed by atoms with Crippen LogP contribution in [0.2, 0.25) is 0 Å². The van der Waals surface area contributed by atoms with E-state index in [4.69, 9.17) is 9.26 Å². The number of nitrogens with zero attached hydrogens (tertiary/aromatic N) is 4. The molecule has 0 unspecified atom stereocenters. The van der Waals surface area contributed by atoms with Crippen molar-refractivity contribution < 1.29 is 14.1 Å². The SMILES string of the molecule is CCOC(=O)c1cc(-c2cc(-c3nc(C)no3)ccc2C)n(C)n1. The van der Waals surface area contributed by atoms with Gasteiger partial charge >= 0.3 is 5.97 Å². The summed E-state index contributed by atoms with van der Waals surface area (Å²) < 4.78 is 11.9. The number of ether oxygens (including phenoxy) is 1. The maximum atomic E-state index is 11.9. The third-order valence-corrected chi connectivity index (χ3v) is 3.65. The molecule has 7 nitrogen and oxygen atoms in total. The molecule has 0 saturated heterocycles. The maximum absolute atomic E-state index is 11.9. The number of rotatable bonds is 4. The number of carbonyl (C=O) groups excluding carboxylic acids is 1. The Balaban J connectivity index is 2.04. The number of carbonyl (C=O) groups is 1. The van der Waals surface area contributed by atoms with Crippen LogP contribution in [0.3, 0.4) is 0 Å². The Labute approximate surface area is 139 Å². The monoisotopic (exact) mass is 326 g/mol. The molecule has 0 aliphatic heterocycles. The molecular weight excluding hydrogens is 308 g/mol. The molecule has 24 heavy (non-hydrogen) atoms. The highest BCUT2D eigenvalue weighted by Gasteiger charge is 2.17. The summed E-state index contributed by atoms with van der Waals surface area (Å²) in [6.07, 6.45) is 0. The van der Waals surface area contributed by atoms with Gasteiger partial charge in [-0.25, -0.2) is 4.79 Å². The van der Waals surface area contributed by atoms with Crippen molar-refractivity contribution in [3.63, 3.8) is 0 Å². The van der Waals surface area contributed by atoms with Crippen LogP contribution in [0.4, 0.5) is 0 Å². The highest BCUT2D eigenvalue weighted by Crippen LogP contribution is 2.29. The van der Waals surface area contributed by atoms with Crippen molar-refractivity contribution in [2.24, 2.45) is 7.05 Å². The van der Waals surface area contributed by atoms with E-state index in [9.17, 15) is 4.79 Å². The summed E-state index contributed by atoms with van der Waals surface area (Å²) >= 11 is 0. The summed E-state index contributed by atoms with van der Waals surface area (Å²) in [5.41, 5.74) is 3.90. The molecule has 3 rings (SSSR count). The van der Waals surface area contributed by atoms with E-state index in [0.29, 0.717) is 18.3 Å². The Morgan fingerprint density at radius 3 is 2.75 bits per heavy atom. The zero-order chi connectivity index (χ0) is 17.3. The summed E-state index contributed by atoms with van der Waals surface area (Å²) in [7, 11) is 1.79. The minimum atomic E-state index is -0.430. The van der Waals surface area contributed by atoms with Crippen LogP contribution in [0.5, 0.6) is 0 Å². The largest absolute Gasteiger partial charge is 0.461 e. The normalized spacial score (nSPS) is 10.8. The van der Waals surface area contributed by atoms with E-state index in [1.54, 1.807) is 31.6 Å². The Kier molecular flexibility index (Phi) is 4.16. The summed E-state index contributed by atoms with van der Waals surface area (Å²) in [4.78, 5) is 16.1. The first kappa shape index (κ1) is 15.9. The quantitative estimate of drug-likeness (QED) is 0.686. The summed E-state index contributed by atoms with van der Waals surface area (Å²) in [5, 5.41) is 8.06. The van der Waals surface area contributed by atoms with Crippen molar-refractivity contribution in [1.29, 1.82) is 0 Å². The minimum absolute atomic E-state index is 0.285. The molecule has 0 amide bonds.